The molecule has 0 radical (unpaired) electrons. The monoisotopic (exact) mass is 561 g/mol. The number of halogens is 1. The van der Waals surface area contributed by atoms with Gasteiger partial charge in [0.15, 0.2) is 11.9 Å². The van der Waals surface area contributed by atoms with E-state index < -0.39 is 22.2 Å². The van der Waals surface area contributed by atoms with E-state index in [2.05, 4.69) is 10.2 Å². The molecule has 0 spiro atoms. The lowest BCUT2D eigenvalue weighted by Crippen LogP contribution is -2.49. The van der Waals surface area contributed by atoms with Crippen LogP contribution in [-0.2, 0) is 32.7 Å². The van der Waals surface area contributed by atoms with Gasteiger partial charge in [-0.05, 0) is 25.0 Å². The molecule has 3 aliphatic rings. The number of thiophene rings is 1. The lowest BCUT2D eigenvalue weighted by Gasteiger charge is -2.34. The molecule has 194 valence electrons. The van der Waals surface area contributed by atoms with Crippen molar-refractivity contribution in [2.75, 3.05) is 32.8 Å². The highest BCUT2D eigenvalue weighted by molar-refractivity contribution is 7.86. The van der Waals surface area contributed by atoms with Gasteiger partial charge in [-0.25, -0.2) is 0 Å². The first-order valence-electron chi connectivity index (χ1n) is 11.8. The Morgan fingerprint density at radius 2 is 1.92 bits per heavy atom. The first-order chi connectivity index (χ1) is 17.8. The van der Waals surface area contributed by atoms with Crippen LogP contribution in [0.25, 0.3) is 5.00 Å². The van der Waals surface area contributed by atoms with Crippen LogP contribution in [0.4, 0.5) is 0 Å². The number of carbonyl (C=O) groups is 1. The zero-order valence-electron chi connectivity index (χ0n) is 19.9. The molecule has 3 aliphatic heterocycles. The van der Waals surface area contributed by atoms with E-state index >= 15 is 0 Å². The number of rotatable bonds is 4. The van der Waals surface area contributed by atoms with E-state index in [4.69, 9.17) is 27.1 Å². The summed E-state index contributed by atoms with van der Waals surface area (Å²) in [7, 11) is -3.64. The Kier molecular flexibility index (Phi) is 6.17. The molecular weight excluding hydrogens is 538 g/mol. The minimum Gasteiger partial charge on any atom is -0.379 e. The van der Waals surface area contributed by atoms with Crippen molar-refractivity contribution in [2.45, 2.75) is 25.9 Å². The van der Waals surface area contributed by atoms with Crippen LogP contribution in [0.15, 0.2) is 29.3 Å². The minimum absolute atomic E-state index is 0.234. The molecule has 1 atom stereocenters. The fraction of sp³-hybridized carbons (Fsp3) is 0.391. The molecule has 0 saturated carbocycles. The number of primary amides is 1. The molecule has 6 rings (SSSR count). The summed E-state index contributed by atoms with van der Waals surface area (Å²) in [5.41, 5.74) is 8.77. The van der Waals surface area contributed by atoms with Crippen molar-refractivity contribution >= 4 is 44.8 Å². The highest BCUT2D eigenvalue weighted by Crippen LogP contribution is 2.42. The number of aryl methyl sites for hydroxylation is 1. The largest absolute Gasteiger partial charge is 0.379 e. The maximum atomic E-state index is 13.4. The van der Waals surface area contributed by atoms with Crippen LogP contribution in [0.1, 0.15) is 39.3 Å². The van der Waals surface area contributed by atoms with Gasteiger partial charge in [0.05, 0.1) is 18.9 Å². The molecule has 0 bridgehead atoms. The maximum absolute atomic E-state index is 13.4. The molecule has 11 nitrogen and oxygen atoms in total. The zero-order valence-corrected chi connectivity index (χ0v) is 22.3. The average molecular weight is 562 g/mol. The third kappa shape index (κ3) is 4.01. The molecular formula is C23H24ClN7O4S2. The van der Waals surface area contributed by atoms with Crippen LogP contribution >= 0.6 is 22.9 Å². The molecule has 5 heterocycles. The zero-order chi connectivity index (χ0) is 25.9. The predicted molar refractivity (Wildman–Crippen MR) is 138 cm³/mol. The fourth-order valence-electron chi connectivity index (χ4n) is 5.01. The van der Waals surface area contributed by atoms with E-state index in [0.29, 0.717) is 67.2 Å². The Balaban J connectivity index is 1.52. The minimum atomic E-state index is -3.64. The predicted octanol–water partition coefficient (Wildman–Crippen LogP) is 1.60. The number of morpholine rings is 1. The Morgan fingerprint density at radius 3 is 2.65 bits per heavy atom. The number of fused-ring (bicyclic) bond motifs is 5. The molecule has 1 saturated heterocycles. The Hall–Kier alpha value is -2.68. The lowest BCUT2D eigenvalue weighted by molar-refractivity contribution is -0.119. The quantitative estimate of drug-likeness (QED) is 0.514. The highest BCUT2D eigenvalue weighted by atomic mass is 35.5. The van der Waals surface area contributed by atoms with Gasteiger partial charge in [-0.15, -0.1) is 21.5 Å². The van der Waals surface area contributed by atoms with E-state index in [-0.39, 0.29) is 6.54 Å². The van der Waals surface area contributed by atoms with Gasteiger partial charge < -0.3 is 10.5 Å². The Bertz CT molecular complexity index is 1540. The van der Waals surface area contributed by atoms with Gasteiger partial charge in [-0.2, -0.15) is 17.0 Å². The molecule has 2 N–H and O–H groups in total. The number of hydrogen-bond acceptors (Lipinski definition) is 8. The van der Waals surface area contributed by atoms with Gasteiger partial charge >= 0.3 is 0 Å². The number of benzene rings is 1. The van der Waals surface area contributed by atoms with Gasteiger partial charge in [-0.3, -0.25) is 14.4 Å². The number of hydrogen-bond donors (Lipinski definition) is 1. The topological polar surface area (TPSA) is 136 Å². The van der Waals surface area contributed by atoms with Crippen LogP contribution in [0.2, 0.25) is 5.02 Å². The van der Waals surface area contributed by atoms with Crippen LogP contribution in [-0.4, -0.2) is 76.3 Å². The van der Waals surface area contributed by atoms with E-state index in [1.807, 2.05) is 22.8 Å². The van der Waals surface area contributed by atoms with Gasteiger partial charge in [-0.1, -0.05) is 29.8 Å². The molecule has 1 aromatic carbocycles. The Labute approximate surface area is 222 Å². The number of nitrogens with zero attached hydrogens (tertiary/aromatic N) is 6. The third-order valence-corrected chi connectivity index (χ3v) is 10.3. The number of amides is 1. The molecule has 2 aromatic heterocycles. The second kappa shape index (κ2) is 9.26. The van der Waals surface area contributed by atoms with Crippen LogP contribution < -0.4 is 5.73 Å². The third-order valence-electron chi connectivity index (χ3n) is 6.82. The first-order valence-corrected chi connectivity index (χ1v) is 14.4. The number of aromatic nitrogens is 3. The van der Waals surface area contributed by atoms with Crippen LogP contribution in [0.3, 0.4) is 0 Å². The summed E-state index contributed by atoms with van der Waals surface area (Å²) in [4.78, 5) is 18.2. The van der Waals surface area contributed by atoms with Gasteiger partial charge in [0, 0.05) is 47.2 Å². The average Bonchev–Trinajstić information content (AvgIpc) is 3.41. The van der Waals surface area contributed by atoms with Gasteiger partial charge in [0.1, 0.15) is 10.8 Å². The van der Waals surface area contributed by atoms with Crippen molar-refractivity contribution in [1.82, 2.24) is 23.4 Å². The maximum Gasteiger partial charge on any atom is 0.282 e. The van der Waals surface area contributed by atoms with Crippen molar-refractivity contribution in [2.24, 2.45) is 10.7 Å². The van der Waals surface area contributed by atoms with E-state index in [9.17, 15) is 13.2 Å². The smallest absolute Gasteiger partial charge is 0.282 e. The van der Waals surface area contributed by atoms with Crippen molar-refractivity contribution in [3.05, 3.63) is 62.5 Å². The van der Waals surface area contributed by atoms with Gasteiger partial charge in [0.2, 0.25) is 5.91 Å². The summed E-state index contributed by atoms with van der Waals surface area (Å²) in [6, 6.07) is 6.25. The van der Waals surface area contributed by atoms with E-state index in [0.717, 1.165) is 21.0 Å². The summed E-state index contributed by atoms with van der Waals surface area (Å²) < 4.78 is 36.9. The van der Waals surface area contributed by atoms with Crippen molar-refractivity contribution in [3.63, 3.8) is 0 Å². The normalized spacial score (nSPS) is 20.5. The number of nitrogens with two attached hydrogens (primary N) is 1. The van der Waals surface area contributed by atoms with Crippen LogP contribution in [0, 0.1) is 6.92 Å². The second-order valence-electron chi connectivity index (χ2n) is 8.99. The summed E-state index contributed by atoms with van der Waals surface area (Å²) in [6.07, 6.45) is 0.478. The summed E-state index contributed by atoms with van der Waals surface area (Å²) in [5.74, 6) is 0.254. The fourth-order valence-corrected chi connectivity index (χ4v) is 8.29. The molecule has 0 aliphatic carbocycles. The van der Waals surface area contributed by atoms with Crippen molar-refractivity contribution < 1.29 is 17.9 Å². The van der Waals surface area contributed by atoms with Crippen molar-refractivity contribution in [1.29, 1.82) is 0 Å². The lowest BCUT2D eigenvalue weighted by atomic mass is 9.95. The van der Waals surface area contributed by atoms with E-state index in [1.54, 1.807) is 13.0 Å². The van der Waals surface area contributed by atoms with Crippen molar-refractivity contribution in [3.8, 4) is 5.00 Å². The highest BCUT2D eigenvalue weighted by Gasteiger charge is 2.39. The number of aliphatic imine (C=N–C) groups is 1. The summed E-state index contributed by atoms with van der Waals surface area (Å²) in [6.45, 7) is 3.81. The Morgan fingerprint density at radius 1 is 1.16 bits per heavy atom. The SMILES string of the molecule is Cc1nnc2n1-c1sc3c(c1C(c1ccccc1Cl)=NC2C(N)=O)CCN(S(=O)(=O)N1CCOCC1)C3. The second-order valence-corrected chi connectivity index (χ2v) is 12.4. The van der Waals surface area contributed by atoms with Crippen LogP contribution in [0.5, 0.6) is 0 Å². The number of ether oxygens (including phenoxy) is 1. The first kappa shape index (κ1) is 24.6. The molecule has 14 heteroatoms. The molecule has 1 fully saturated rings. The standard InChI is InChI=1S/C23H24ClN7O4S2/c1-13-27-28-22-20(21(25)32)26-19(14-4-2-3-5-16(14)24)18-15-6-7-30(12-17(15)36-23(18)31(13)22)37(33,34)29-8-10-35-11-9-29/h2-5,20H,6-12H2,1H3,(H2,25,32). The summed E-state index contributed by atoms with van der Waals surface area (Å²) >= 11 is 8.06. The molecule has 3 aromatic rings. The molecule has 37 heavy (non-hydrogen) atoms. The summed E-state index contributed by atoms with van der Waals surface area (Å²) in [5, 5.41) is 9.70. The van der Waals surface area contributed by atoms with Gasteiger partial charge in [0.25, 0.3) is 10.2 Å². The molecule has 1 unspecified atom stereocenters. The molecule has 1 amide bonds. The van der Waals surface area contributed by atoms with E-state index in [1.165, 1.54) is 19.9 Å². The number of carbonyl (C=O) groups excluding carboxylic acids is 1.